The maximum Gasteiger partial charge on any atom is 0.407 e. The lowest BCUT2D eigenvalue weighted by atomic mass is 9.91. The highest BCUT2D eigenvalue weighted by Gasteiger charge is 2.24. The van der Waals surface area contributed by atoms with Crippen molar-refractivity contribution in [1.82, 2.24) is 10.6 Å². The molecule has 0 heterocycles. The maximum absolute atomic E-state index is 11.7. The number of hydrogen-bond donors (Lipinski definition) is 2. The Kier molecular flexibility index (Phi) is 5.66. The number of alkyl carbamates (subject to hydrolysis) is 1. The van der Waals surface area contributed by atoms with Gasteiger partial charge in [-0.2, -0.15) is 0 Å². The van der Waals surface area contributed by atoms with E-state index in [4.69, 9.17) is 4.74 Å². The van der Waals surface area contributed by atoms with E-state index in [0.717, 1.165) is 25.8 Å². The molecule has 4 nitrogen and oxygen atoms in total. The summed E-state index contributed by atoms with van der Waals surface area (Å²) in [6.45, 7) is 10.2. The van der Waals surface area contributed by atoms with Crippen molar-refractivity contribution in [2.45, 2.75) is 64.1 Å². The van der Waals surface area contributed by atoms with E-state index in [1.807, 2.05) is 26.8 Å². The van der Waals surface area contributed by atoms with Gasteiger partial charge >= 0.3 is 6.09 Å². The third-order valence-corrected chi connectivity index (χ3v) is 2.95. The zero-order valence-corrected chi connectivity index (χ0v) is 11.8. The third-order valence-electron chi connectivity index (χ3n) is 2.95. The minimum Gasteiger partial charge on any atom is -0.444 e. The van der Waals surface area contributed by atoms with Crippen molar-refractivity contribution in [3.05, 3.63) is 12.7 Å². The molecular weight excluding hydrogens is 228 g/mol. The zero-order chi connectivity index (χ0) is 13.6. The molecule has 1 saturated carbocycles. The molecule has 0 aromatic heterocycles. The highest BCUT2D eigenvalue weighted by Crippen LogP contribution is 2.19. The van der Waals surface area contributed by atoms with Crippen LogP contribution in [0.2, 0.25) is 0 Å². The first-order chi connectivity index (χ1) is 8.40. The summed E-state index contributed by atoms with van der Waals surface area (Å²) in [5.41, 5.74) is -0.431. The predicted molar refractivity (Wildman–Crippen MR) is 73.6 cm³/mol. The molecule has 0 bridgehead atoms. The maximum atomic E-state index is 11.7. The minimum atomic E-state index is -0.431. The first-order valence-corrected chi connectivity index (χ1v) is 6.74. The molecule has 18 heavy (non-hydrogen) atoms. The second kappa shape index (κ2) is 6.78. The van der Waals surface area contributed by atoms with Crippen molar-refractivity contribution >= 4 is 6.09 Å². The van der Waals surface area contributed by atoms with Crippen molar-refractivity contribution in [1.29, 1.82) is 0 Å². The topological polar surface area (TPSA) is 50.4 Å². The molecule has 0 aliphatic heterocycles. The number of hydrogen-bond acceptors (Lipinski definition) is 3. The van der Waals surface area contributed by atoms with Crippen molar-refractivity contribution in [3.63, 3.8) is 0 Å². The normalized spacial score (nSPS) is 24.4. The lowest BCUT2D eigenvalue weighted by molar-refractivity contribution is 0.0489. The molecule has 0 saturated heterocycles. The Morgan fingerprint density at radius 3 is 2.67 bits per heavy atom. The van der Waals surface area contributed by atoms with Crippen molar-refractivity contribution in [2.75, 3.05) is 6.54 Å². The van der Waals surface area contributed by atoms with Gasteiger partial charge in [0.1, 0.15) is 5.60 Å². The van der Waals surface area contributed by atoms with Gasteiger partial charge in [0.25, 0.3) is 0 Å². The average molecular weight is 254 g/mol. The fourth-order valence-corrected chi connectivity index (χ4v) is 2.23. The summed E-state index contributed by atoms with van der Waals surface area (Å²) in [4.78, 5) is 11.7. The van der Waals surface area contributed by atoms with Crippen LogP contribution >= 0.6 is 0 Å². The van der Waals surface area contributed by atoms with Gasteiger partial charge in [-0.25, -0.2) is 4.79 Å². The van der Waals surface area contributed by atoms with E-state index in [0.29, 0.717) is 6.04 Å². The molecule has 1 aliphatic rings. The van der Waals surface area contributed by atoms with E-state index in [-0.39, 0.29) is 12.1 Å². The zero-order valence-electron chi connectivity index (χ0n) is 11.8. The highest BCUT2D eigenvalue weighted by atomic mass is 16.6. The second-order valence-electron chi connectivity index (χ2n) is 5.90. The van der Waals surface area contributed by atoms with Gasteiger partial charge in [-0.15, -0.1) is 6.58 Å². The molecule has 0 aromatic carbocycles. The number of amides is 1. The molecule has 2 N–H and O–H groups in total. The van der Waals surface area contributed by atoms with Crippen molar-refractivity contribution < 1.29 is 9.53 Å². The Morgan fingerprint density at radius 2 is 2.06 bits per heavy atom. The Balaban J connectivity index is 2.33. The van der Waals surface area contributed by atoms with E-state index in [2.05, 4.69) is 17.2 Å². The van der Waals surface area contributed by atoms with Crippen LogP contribution in [-0.4, -0.2) is 30.3 Å². The first-order valence-electron chi connectivity index (χ1n) is 6.74. The number of rotatable bonds is 4. The first kappa shape index (κ1) is 15.0. The molecule has 1 amide bonds. The standard InChI is InChI=1S/C14H26N2O2/c1-5-9-15-11-7-6-8-12(10-11)16-13(17)18-14(2,3)4/h5,11-12,15H,1,6-10H2,2-4H3,(H,16,17). The van der Waals surface area contributed by atoms with Crippen LogP contribution in [-0.2, 0) is 4.74 Å². The number of ether oxygens (including phenoxy) is 1. The summed E-state index contributed by atoms with van der Waals surface area (Å²) < 4.78 is 5.27. The molecule has 104 valence electrons. The van der Waals surface area contributed by atoms with Gasteiger partial charge in [0.05, 0.1) is 0 Å². The Hall–Kier alpha value is -1.03. The van der Waals surface area contributed by atoms with Crippen LogP contribution in [0.25, 0.3) is 0 Å². The van der Waals surface area contributed by atoms with Crippen molar-refractivity contribution in [3.8, 4) is 0 Å². The minimum absolute atomic E-state index is 0.218. The van der Waals surface area contributed by atoms with Gasteiger partial charge in [0.2, 0.25) is 0 Å². The molecular formula is C14H26N2O2. The molecule has 1 rings (SSSR count). The molecule has 0 aromatic rings. The van der Waals surface area contributed by atoms with Gasteiger partial charge in [0.15, 0.2) is 0 Å². The summed E-state index contributed by atoms with van der Waals surface area (Å²) in [5, 5.41) is 6.37. The molecule has 2 unspecified atom stereocenters. The van der Waals surface area contributed by atoms with E-state index >= 15 is 0 Å². The summed E-state index contributed by atoms with van der Waals surface area (Å²) in [6, 6.07) is 0.688. The van der Waals surface area contributed by atoms with E-state index in [9.17, 15) is 4.79 Å². The monoisotopic (exact) mass is 254 g/mol. The second-order valence-corrected chi connectivity index (χ2v) is 5.90. The molecule has 0 radical (unpaired) electrons. The van der Waals surface area contributed by atoms with Gasteiger partial charge in [0, 0.05) is 18.6 Å². The van der Waals surface area contributed by atoms with Crippen LogP contribution in [0.3, 0.4) is 0 Å². The van der Waals surface area contributed by atoms with Gasteiger partial charge in [-0.1, -0.05) is 6.08 Å². The predicted octanol–water partition coefficient (Wildman–Crippen LogP) is 2.60. The number of carbonyl (C=O) groups is 1. The van der Waals surface area contributed by atoms with Crippen LogP contribution in [0, 0.1) is 0 Å². The molecule has 2 atom stereocenters. The van der Waals surface area contributed by atoms with E-state index in [1.54, 1.807) is 0 Å². The van der Waals surface area contributed by atoms with Gasteiger partial charge in [-0.3, -0.25) is 0 Å². The van der Waals surface area contributed by atoms with E-state index < -0.39 is 5.60 Å². The molecule has 0 spiro atoms. The molecule has 1 aliphatic carbocycles. The fourth-order valence-electron chi connectivity index (χ4n) is 2.23. The van der Waals surface area contributed by atoms with Crippen LogP contribution in [0.4, 0.5) is 4.79 Å². The number of carbonyl (C=O) groups excluding carboxylic acids is 1. The van der Waals surface area contributed by atoms with Crippen LogP contribution in [0.15, 0.2) is 12.7 Å². The summed E-state index contributed by atoms with van der Waals surface area (Å²) in [5.74, 6) is 0. The van der Waals surface area contributed by atoms with Crippen LogP contribution in [0.5, 0.6) is 0 Å². The Labute approximate surface area is 110 Å². The smallest absolute Gasteiger partial charge is 0.407 e. The molecule has 1 fully saturated rings. The molecule has 4 heteroatoms. The summed E-state index contributed by atoms with van der Waals surface area (Å²) >= 11 is 0. The average Bonchev–Trinajstić information content (AvgIpc) is 2.24. The number of nitrogens with one attached hydrogen (secondary N) is 2. The van der Waals surface area contributed by atoms with Crippen molar-refractivity contribution in [2.24, 2.45) is 0 Å². The Bertz CT molecular complexity index is 284. The van der Waals surface area contributed by atoms with Crippen LogP contribution in [0.1, 0.15) is 46.5 Å². The van der Waals surface area contributed by atoms with Gasteiger partial charge in [-0.05, 0) is 46.5 Å². The SMILES string of the molecule is C=CCNC1CCCC(NC(=O)OC(C)(C)C)C1. The lowest BCUT2D eigenvalue weighted by Crippen LogP contribution is -2.45. The van der Waals surface area contributed by atoms with Crippen LogP contribution < -0.4 is 10.6 Å². The summed E-state index contributed by atoms with van der Waals surface area (Å²) in [7, 11) is 0. The lowest BCUT2D eigenvalue weighted by Gasteiger charge is -2.31. The quantitative estimate of drug-likeness (QED) is 0.758. The highest BCUT2D eigenvalue weighted by molar-refractivity contribution is 5.68. The van der Waals surface area contributed by atoms with E-state index in [1.165, 1.54) is 6.42 Å². The largest absolute Gasteiger partial charge is 0.444 e. The Morgan fingerprint density at radius 1 is 1.39 bits per heavy atom. The fraction of sp³-hybridized carbons (Fsp3) is 0.786. The summed E-state index contributed by atoms with van der Waals surface area (Å²) in [6.07, 6.45) is 5.86. The third kappa shape index (κ3) is 6.05. The van der Waals surface area contributed by atoms with Gasteiger partial charge < -0.3 is 15.4 Å².